The molecule has 0 spiro atoms. The first-order chi connectivity index (χ1) is 13.5. The van der Waals surface area contributed by atoms with Gasteiger partial charge in [0.25, 0.3) is 5.91 Å². The van der Waals surface area contributed by atoms with Crippen LogP contribution in [0.15, 0.2) is 66.7 Å². The highest BCUT2D eigenvalue weighted by atomic mass is 16.5. The maximum atomic E-state index is 12.8. The number of carbonyl (C=O) groups is 2. The van der Waals surface area contributed by atoms with Crippen molar-refractivity contribution in [2.45, 2.75) is 19.9 Å². The molecule has 0 saturated carbocycles. The van der Waals surface area contributed by atoms with Gasteiger partial charge < -0.3 is 15.4 Å². The number of anilines is 1. The van der Waals surface area contributed by atoms with Crippen molar-refractivity contribution in [1.29, 1.82) is 0 Å². The van der Waals surface area contributed by atoms with Gasteiger partial charge >= 0.3 is 0 Å². The molecule has 1 unspecified atom stereocenters. The van der Waals surface area contributed by atoms with Gasteiger partial charge in [-0.1, -0.05) is 50.2 Å². The highest BCUT2D eigenvalue weighted by Crippen LogP contribution is 2.20. The normalized spacial score (nSPS) is 11.9. The van der Waals surface area contributed by atoms with Crippen LogP contribution in [0.3, 0.4) is 0 Å². The van der Waals surface area contributed by atoms with Gasteiger partial charge in [-0.15, -0.1) is 0 Å². The third-order valence-corrected chi connectivity index (χ3v) is 4.58. The summed E-state index contributed by atoms with van der Waals surface area (Å²) in [7, 11) is 1.55. The number of rotatable bonds is 6. The number of methoxy groups -OCH3 is 1. The van der Waals surface area contributed by atoms with Crippen LogP contribution in [0, 0.1) is 5.92 Å². The summed E-state index contributed by atoms with van der Waals surface area (Å²) in [5, 5.41) is 7.90. The van der Waals surface area contributed by atoms with Crippen molar-refractivity contribution < 1.29 is 14.3 Å². The van der Waals surface area contributed by atoms with E-state index in [0.29, 0.717) is 17.0 Å². The Balaban J connectivity index is 1.74. The van der Waals surface area contributed by atoms with Gasteiger partial charge in [0.05, 0.1) is 7.11 Å². The third kappa shape index (κ3) is 4.49. The third-order valence-electron chi connectivity index (χ3n) is 4.58. The molecule has 3 rings (SSSR count). The van der Waals surface area contributed by atoms with Crippen LogP contribution in [0.5, 0.6) is 5.75 Å². The maximum Gasteiger partial charge on any atom is 0.252 e. The summed E-state index contributed by atoms with van der Waals surface area (Å²) in [6.45, 7) is 3.80. The van der Waals surface area contributed by atoms with E-state index in [2.05, 4.69) is 10.6 Å². The summed E-state index contributed by atoms with van der Waals surface area (Å²) < 4.78 is 5.16. The SMILES string of the molecule is COc1cccc(C(=O)NC(C(=O)Nc2ccc3ccccc3c2)C(C)C)c1. The molecule has 0 fully saturated rings. The van der Waals surface area contributed by atoms with Crippen LogP contribution in [0.2, 0.25) is 0 Å². The second-order valence-corrected chi connectivity index (χ2v) is 6.98. The van der Waals surface area contributed by atoms with E-state index >= 15 is 0 Å². The molecule has 0 radical (unpaired) electrons. The van der Waals surface area contributed by atoms with E-state index in [-0.39, 0.29) is 17.7 Å². The van der Waals surface area contributed by atoms with Gasteiger partial charge in [0.2, 0.25) is 5.91 Å². The molecule has 3 aromatic rings. The topological polar surface area (TPSA) is 67.4 Å². The van der Waals surface area contributed by atoms with Crippen LogP contribution in [0.4, 0.5) is 5.69 Å². The molecule has 1 atom stereocenters. The molecule has 0 heterocycles. The number of carbonyl (C=O) groups excluding carboxylic acids is 2. The minimum absolute atomic E-state index is 0.0741. The van der Waals surface area contributed by atoms with Gasteiger partial charge in [-0.3, -0.25) is 9.59 Å². The van der Waals surface area contributed by atoms with Gasteiger partial charge in [-0.05, 0) is 47.0 Å². The van der Waals surface area contributed by atoms with E-state index in [1.807, 2.05) is 56.3 Å². The van der Waals surface area contributed by atoms with Crippen molar-refractivity contribution >= 4 is 28.3 Å². The first-order valence-electron chi connectivity index (χ1n) is 9.22. The van der Waals surface area contributed by atoms with Crippen molar-refractivity contribution in [2.24, 2.45) is 5.92 Å². The average molecular weight is 376 g/mol. The first-order valence-corrected chi connectivity index (χ1v) is 9.22. The molecular formula is C23H24N2O3. The largest absolute Gasteiger partial charge is 0.497 e. The molecule has 28 heavy (non-hydrogen) atoms. The predicted molar refractivity (Wildman–Crippen MR) is 112 cm³/mol. The number of nitrogens with one attached hydrogen (secondary N) is 2. The first kappa shape index (κ1) is 19.4. The Morgan fingerprint density at radius 3 is 2.36 bits per heavy atom. The summed E-state index contributed by atoms with van der Waals surface area (Å²) in [4.78, 5) is 25.4. The number of benzene rings is 3. The van der Waals surface area contributed by atoms with Crippen LogP contribution in [0.25, 0.3) is 10.8 Å². The number of ether oxygens (including phenoxy) is 1. The van der Waals surface area contributed by atoms with Gasteiger partial charge in [0.15, 0.2) is 0 Å². The number of hydrogen-bond donors (Lipinski definition) is 2. The highest BCUT2D eigenvalue weighted by Gasteiger charge is 2.25. The molecule has 0 saturated heterocycles. The molecule has 0 aromatic heterocycles. The number of amides is 2. The predicted octanol–water partition coefficient (Wildman–Crippen LogP) is 4.24. The fourth-order valence-corrected chi connectivity index (χ4v) is 3.01. The molecule has 2 amide bonds. The smallest absolute Gasteiger partial charge is 0.252 e. The van der Waals surface area contributed by atoms with Gasteiger partial charge in [0.1, 0.15) is 11.8 Å². The number of hydrogen-bond acceptors (Lipinski definition) is 3. The lowest BCUT2D eigenvalue weighted by atomic mass is 10.0. The minimum Gasteiger partial charge on any atom is -0.497 e. The van der Waals surface area contributed by atoms with Crippen molar-refractivity contribution in [2.75, 3.05) is 12.4 Å². The molecule has 5 heteroatoms. The van der Waals surface area contributed by atoms with Gasteiger partial charge in [-0.25, -0.2) is 0 Å². The summed E-state index contributed by atoms with van der Waals surface area (Å²) in [6, 6.07) is 19.9. The van der Waals surface area contributed by atoms with Crippen LogP contribution in [-0.4, -0.2) is 25.0 Å². The fourth-order valence-electron chi connectivity index (χ4n) is 3.01. The van der Waals surface area contributed by atoms with Crippen molar-refractivity contribution in [3.05, 3.63) is 72.3 Å². The molecule has 3 aromatic carbocycles. The fraction of sp³-hybridized carbons (Fsp3) is 0.217. The quantitative estimate of drug-likeness (QED) is 0.676. The Bertz CT molecular complexity index is 998. The Hall–Kier alpha value is -3.34. The number of fused-ring (bicyclic) bond motifs is 1. The van der Waals surface area contributed by atoms with E-state index in [0.717, 1.165) is 10.8 Å². The standard InChI is InChI=1S/C23H24N2O3/c1-15(2)21(25-22(26)18-9-6-10-20(14-18)28-3)23(27)24-19-12-11-16-7-4-5-8-17(16)13-19/h4-15,21H,1-3H3,(H,24,27)(H,25,26). The summed E-state index contributed by atoms with van der Waals surface area (Å²) in [5.41, 5.74) is 1.15. The molecule has 0 aliphatic rings. The lowest BCUT2D eigenvalue weighted by Crippen LogP contribution is -2.47. The maximum absolute atomic E-state index is 12.8. The lowest BCUT2D eigenvalue weighted by molar-refractivity contribution is -0.118. The molecule has 0 bridgehead atoms. The zero-order valence-electron chi connectivity index (χ0n) is 16.2. The van der Waals surface area contributed by atoms with E-state index in [1.165, 1.54) is 0 Å². The molecule has 144 valence electrons. The Kier molecular flexibility index (Phi) is 5.94. The van der Waals surface area contributed by atoms with Crippen LogP contribution >= 0.6 is 0 Å². The zero-order valence-corrected chi connectivity index (χ0v) is 16.2. The van der Waals surface area contributed by atoms with Gasteiger partial charge in [0, 0.05) is 11.3 Å². The monoisotopic (exact) mass is 376 g/mol. The van der Waals surface area contributed by atoms with Crippen LogP contribution in [0.1, 0.15) is 24.2 Å². The second kappa shape index (κ2) is 8.57. The Morgan fingerprint density at radius 2 is 1.64 bits per heavy atom. The minimum atomic E-state index is -0.662. The van der Waals surface area contributed by atoms with Gasteiger partial charge in [-0.2, -0.15) is 0 Å². The van der Waals surface area contributed by atoms with Crippen molar-refractivity contribution in [3.8, 4) is 5.75 Å². The average Bonchev–Trinajstić information content (AvgIpc) is 2.71. The van der Waals surface area contributed by atoms with E-state index in [1.54, 1.807) is 31.4 Å². The second-order valence-electron chi connectivity index (χ2n) is 6.98. The van der Waals surface area contributed by atoms with E-state index in [9.17, 15) is 9.59 Å². The highest BCUT2D eigenvalue weighted by molar-refractivity contribution is 6.02. The summed E-state index contributed by atoms with van der Waals surface area (Å²) in [5.74, 6) is -0.0443. The zero-order chi connectivity index (χ0) is 20.1. The van der Waals surface area contributed by atoms with Crippen molar-refractivity contribution in [1.82, 2.24) is 5.32 Å². The molecule has 0 aliphatic carbocycles. The lowest BCUT2D eigenvalue weighted by Gasteiger charge is -2.22. The summed E-state index contributed by atoms with van der Waals surface area (Å²) in [6.07, 6.45) is 0. The van der Waals surface area contributed by atoms with E-state index in [4.69, 9.17) is 4.74 Å². The Morgan fingerprint density at radius 1 is 0.893 bits per heavy atom. The molecule has 2 N–H and O–H groups in total. The van der Waals surface area contributed by atoms with Crippen LogP contribution < -0.4 is 15.4 Å². The summed E-state index contributed by atoms with van der Waals surface area (Å²) >= 11 is 0. The Labute approximate surface area is 164 Å². The van der Waals surface area contributed by atoms with E-state index < -0.39 is 6.04 Å². The van der Waals surface area contributed by atoms with Crippen LogP contribution in [-0.2, 0) is 4.79 Å². The van der Waals surface area contributed by atoms with Crippen molar-refractivity contribution in [3.63, 3.8) is 0 Å². The molecular weight excluding hydrogens is 352 g/mol. The molecule has 5 nitrogen and oxygen atoms in total. The molecule has 0 aliphatic heterocycles.